The van der Waals surface area contributed by atoms with Crippen LogP contribution in [0.3, 0.4) is 0 Å². The van der Waals surface area contributed by atoms with Crippen molar-refractivity contribution in [1.29, 1.82) is 0 Å². The molecular weight excluding hydrogens is 264 g/mol. The van der Waals surface area contributed by atoms with E-state index in [2.05, 4.69) is 27.2 Å². The van der Waals surface area contributed by atoms with E-state index in [-0.39, 0.29) is 0 Å². The minimum atomic E-state index is 0.614. The third kappa shape index (κ3) is 1.94. The maximum atomic E-state index is 5.43. The predicted octanol–water partition coefficient (Wildman–Crippen LogP) is 3.28. The lowest BCUT2D eigenvalue weighted by atomic mass is 10.1. The van der Waals surface area contributed by atoms with E-state index in [1.807, 2.05) is 41.9 Å². The minimum absolute atomic E-state index is 0.614. The summed E-state index contributed by atoms with van der Waals surface area (Å²) in [6.45, 7) is 2.57. The van der Waals surface area contributed by atoms with Crippen LogP contribution in [0.2, 0.25) is 0 Å². The highest BCUT2D eigenvalue weighted by Gasteiger charge is 2.09. The van der Waals surface area contributed by atoms with Crippen molar-refractivity contribution in [3.05, 3.63) is 49.1 Å². The highest BCUT2D eigenvalue weighted by atomic mass is 16.5. The molecule has 4 heterocycles. The van der Waals surface area contributed by atoms with Crippen molar-refractivity contribution in [3.63, 3.8) is 0 Å². The smallest absolute Gasteiger partial charge is 0.215 e. The van der Waals surface area contributed by atoms with Crippen LogP contribution in [0.25, 0.3) is 27.8 Å². The molecule has 5 nitrogen and oxygen atoms in total. The van der Waals surface area contributed by atoms with Gasteiger partial charge in [0, 0.05) is 47.4 Å². The maximum absolute atomic E-state index is 5.43. The fourth-order valence-electron chi connectivity index (χ4n) is 2.53. The largest absolute Gasteiger partial charge is 0.478 e. The zero-order valence-electron chi connectivity index (χ0n) is 11.6. The van der Waals surface area contributed by atoms with E-state index in [1.165, 1.54) is 0 Å². The number of rotatable bonds is 3. The molecule has 5 heteroatoms. The Morgan fingerprint density at radius 1 is 1.24 bits per heavy atom. The van der Waals surface area contributed by atoms with Gasteiger partial charge in [-0.05, 0) is 25.1 Å². The number of fused-ring (bicyclic) bond motifs is 2. The van der Waals surface area contributed by atoms with Gasteiger partial charge in [0.2, 0.25) is 5.88 Å². The van der Waals surface area contributed by atoms with Gasteiger partial charge in [-0.1, -0.05) is 0 Å². The van der Waals surface area contributed by atoms with Crippen molar-refractivity contribution in [3.8, 4) is 17.0 Å². The van der Waals surface area contributed by atoms with Crippen molar-refractivity contribution in [2.45, 2.75) is 6.92 Å². The normalized spacial score (nSPS) is 11.3. The average molecular weight is 278 g/mol. The molecule has 0 aliphatic carbocycles. The summed E-state index contributed by atoms with van der Waals surface area (Å²) in [5.74, 6) is 0.642. The van der Waals surface area contributed by atoms with Gasteiger partial charge in [0.1, 0.15) is 11.3 Å². The van der Waals surface area contributed by atoms with Gasteiger partial charge in [0.05, 0.1) is 6.61 Å². The van der Waals surface area contributed by atoms with Crippen molar-refractivity contribution in [1.82, 2.24) is 19.4 Å². The zero-order valence-corrected chi connectivity index (χ0v) is 11.6. The van der Waals surface area contributed by atoms with Crippen molar-refractivity contribution in [2.24, 2.45) is 0 Å². The molecule has 0 amide bonds. The summed E-state index contributed by atoms with van der Waals surface area (Å²) in [6.07, 6.45) is 7.79. The van der Waals surface area contributed by atoms with Crippen LogP contribution in [0.1, 0.15) is 6.92 Å². The summed E-state index contributed by atoms with van der Waals surface area (Å²) in [7, 11) is 0. The van der Waals surface area contributed by atoms with Crippen LogP contribution in [0.5, 0.6) is 5.88 Å². The Hall–Kier alpha value is -2.82. The van der Waals surface area contributed by atoms with Gasteiger partial charge in [-0.15, -0.1) is 0 Å². The molecule has 0 saturated carbocycles. The molecule has 0 saturated heterocycles. The second-order valence-corrected chi connectivity index (χ2v) is 4.79. The highest BCUT2D eigenvalue weighted by Crippen LogP contribution is 2.29. The lowest BCUT2D eigenvalue weighted by Crippen LogP contribution is -1.93. The minimum Gasteiger partial charge on any atom is -0.478 e. The van der Waals surface area contributed by atoms with E-state index >= 15 is 0 Å². The number of ether oxygens (including phenoxy) is 1. The summed E-state index contributed by atoms with van der Waals surface area (Å²) in [5.41, 5.74) is 4.02. The molecule has 21 heavy (non-hydrogen) atoms. The van der Waals surface area contributed by atoms with Crippen LogP contribution in [0, 0.1) is 0 Å². The maximum Gasteiger partial charge on any atom is 0.215 e. The molecule has 4 aromatic rings. The van der Waals surface area contributed by atoms with Crippen LogP contribution >= 0.6 is 0 Å². The molecule has 4 rings (SSSR count). The molecule has 0 aliphatic heterocycles. The predicted molar refractivity (Wildman–Crippen MR) is 81.4 cm³/mol. The topological polar surface area (TPSA) is 55.2 Å². The van der Waals surface area contributed by atoms with Crippen LogP contribution < -0.4 is 4.74 Å². The summed E-state index contributed by atoms with van der Waals surface area (Å²) in [6, 6.07) is 8.02. The number of imidazole rings is 1. The number of hydrogen-bond acceptors (Lipinski definition) is 3. The molecule has 0 bridgehead atoms. The molecule has 0 radical (unpaired) electrons. The Kier molecular flexibility index (Phi) is 2.64. The van der Waals surface area contributed by atoms with Gasteiger partial charge in [0.25, 0.3) is 0 Å². The van der Waals surface area contributed by atoms with Gasteiger partial charge in [-0.2, -0.15) is 4.98 Å². The standard InChI is InChI=1S/C16H14N4O/c1-2-21-15-6-4-12-13(9-18-16(12)19-15)11-3-5-14-17-7-8-20(14)10-11/h3-10H,2H2,1H3,(H,18,19). The Bertz CT molecular complexity index is 922. The Balaban J connectivity index is 1.85. The Morgan fingerprint density at radius 3 is 3.10 bits per heavy atom. The van der Waals surface area contributed by atoms with E-state index in [1.54, 1.807) is 6.20 Å². The van der Waals surface area contributed by atoms with E-state index in [0.29, 0.717) is 12.5 Å². The molecule has 4 aromatic heterocycles. The first kappa shape index (κ1) is 12.0. The quantitative estimate of drug-likeness (QED) is 0.625. The second kappa shape index (κ2) is 4.63. The number of H-pyrrole nitrogens is 1. The monoisotopic (exact) mass is 278 g/mol. The first-order chi connectivity index (χ1) is 10.3. The van der Waals surface area contributed by atoms with Gasteiger partial charge in [-0.3, -0.25) is 0 Å². The fraction of sp³-hybridized carbons (Fsp3) is 0.125. The van der Waals surface area contributed by atoms with Crippen molar-refractivity contribution in [2.75, 3.05) is 6.61 Å². The second-order valence-electron chi connectivity index (χ2n) is 4.79. The summed E-state index contributed by atoms with van der Waals surface area (Å²) < 4.78 is 7.44. The van der Waals surface area contributed by atoms with Crippen LogP contribution in [0.15, 0.2) is 49.1 Å². The number of aromatic amines is 1. The molecule has 0 aromatic carbocycles. The number of pyridine rings is 2. The Morgan fingerprint density at radius 2 is 2.19 bits per heavy atom. The van der Waals surface area contributed by atoms with Crippen molar-refractivity contribution < 1.29 is 4.74 Å². The molecule has 0 fully saturated rings. The molecule has 0 spiro atoms. The molecule has 104 valence electrons. The van der Waals surface area contributed by atoms with Gasteiger partial charge in [0.15, 0.2) is 0 Å². The summed E-state index contributed by atoms with van der Waals surface area (Å²) in [5, 5.41) is 1.08. The van der Waals surface area contributed by atoms with Crippen LogP contribution in [0.4, 0.5) is 0 Å². The molecular formula is C16H14N4O. The summed E-state index contributed by atoms with van der Waals surface area (Å²) >= 11 is 0. The average Bonchev–Trinajstić information content (AvgIpc) is 3.12. The number of nitrogens with zero attached hydrogens (tertiary/aromatic N) is 3. The van der Waals surface area contributed by atoms with E-state index < -0.39 is 0 Å². The number of hydrogen-bond donors (Lipinski definition) is 1. The van der Waals surface area contributed by atoms with Crippen LogP contribution in [-0.4, -0.2) is 26.0 Å². The van der Waals surface area contributed by atoms with Gasteiger partial charge >= 0.3 is 0 Å². The molecule has 0 aliphatic rings. The first-order valence-electron chi connectivity index (χ1n) is 6.89. The van der Waals surface area contributed by atoms with Crippen LogP contribution in [-0.2, 0) is 0 Å². The lowest BCUT2D eigenvalue weighted by molar-refractivity contribution is 0.328. The van der Waals surface area contributed by atoms with E-state index in [9.17, 15) is 0 Å². The SMILES string of the molecule is CCOc1ccc2c(-c3ccc4nccn4c3)c[nH]c2n1. The van der Waals surface area contributed by atoms with E-state index in [4.69, 9.17) is 4.74 Å². The highest BCUT2D eigenvalue weighted by molar-refractivity contribution is 5.93. The van der Waals surface area contributed by atoms with Gasteiger partial charge < -0.3 is 14.1 Å². The molecule has 0 atom stereocenters. The summed E-state index contributed by atoms with van der Waals surface area (Å²) in [4.78, 5) is 11.9. The van der Waals surface area contributed by atoms with Gasteiger partial charge in [-0.25, -0.2) is 4.98 Å². The molecule has 0 unspecified atom stereocenters. The third-order valence-corrected chi connectivity index (χ3v) is 3.51. The zero-order chi connectivity index (χ0) is 14.2. The number of nitrogens with one attached hydrogen (secondary N) is 1. The molecule has 1 N–H and O–H groups in total. The fourth-order valence-corrected chi connectivity index (χ4v) is 2.53. The first-order valence-corrected chi connectivity index (χ1v) is 6.89. The third-order valence-electron chi connectivity index (χ3n) is 3.51. The van der Waals surface area contributed by atoms with E-state index in [0.717, 1.165) is 27.8 Å². The number of aromatic nitrogens is 4. The van der Waals surface area contributed by atoms with Crippen molar-refractivity contribution >= 4 is 16.7 Å². The Labute approximate surface area is 121 Å². The lowest BCUT2D eigenvalue weighted by Gasteiger charge is -2.03.